The number of hydrogen-bond acceptors (Lipinski definition) is 3. The molecule has 0 saturated heterocycles. The summed E-state index contributed by atoms with van der Waals surface area (Å²) in [4.78, 5) is 21.6. The summed E-state index contributed by atoms with van der Waals surface area (Å²) in [6, 6.07) is 3.32. The first-order valence-corrected chi connectivity index (χ1v) is 5.26. The highest BCUT2D eigenvalue weighted by Gasteiger charge is 2.18. The molecular weight excluding hydrogens is 251 g/mol. The second kappa shape index (κ2) is 5.75. The maximum absolute atomic E-state index is 13.3. The number of carboxylic acids is 1. The summed E-state index contributed by atoms with van der Waals surface area (Å²) in [5.74, 6) is -2.70. The number of aliphatic hydroxyl groups is 1. The van der Waals surface area contributed by atoms with Crippen LogP contribution in [0.25, 0.3) is 0 Å². The van der Waals surface area contributed by atoms with Crippen LogP contribution in [0.2, 0.25) is 0 Å². The number of Topliss-reactive ketones (excluding diaryl/α,β-unsaturated/α-hetero) is 1. The Morgan fingerprint density at radius 3 is 2.59 bits per heavy atom. The summed E-state index contributed by atoms with van der Waals surface area (Å²) in [6.45, 7) is 0. The standard InChI is InChI=1S/C11H10ClFO4/c12-5-8(14)4-7-3-6(1-2-9(7)13)10(15)11(16)17/h1-3,10,15H,4-5H2,(H,16,17). The Balaban J connectivity index is 3.02. The number of hydrogen-bond donors (Lipinski definition) is 2. The third-order valence-electron chi connectivity index (χ3n) is 2.16. The van der Waals surface area contributed by atoms with E-state index in [1.807, 2.05) is 0 Å². The largest absolute Gasteiger partial charge is 0.479 e. The minimum atomic E-state index is -1.74. The van der Waals surface area contributed by atoms with Crippen molar-refractivity contribution in [3.63, 3.8) is 0 Å². The van der Waals surface area contributed by atoms with Gasteiger partial charge in [-0.3, -0.25) is 4.79 Å². The Morgan fingerprint density at radius 2 is 2.06 bits per heavy atom. The number of benzene rings is 1. The number of alkyl halides is 1. The minimum Gasteiger partial charge on any atom is -0.479 e. The van der Waals surface area contributed by atoms with E-state index in [-0.39, 0.29) is 29.2 Å². The van der Waals surface area contributed by atoms with Gasteiger partial charge in [-0.15, -0.1) is 11.6 Å². The first-order chi connectivity index (χ1) is 7.95. The normalized spacial score (nSPS) is 12.2. The van der Waals surface area contributed by atoms with Crippen molar-refractivity contribution in [1.29, 1.82) is 0 Å². The molecule has 0 amide bonds. The molecule has 0 heterocycles. The van der Waals surface area contributed by atoms with E-state index in [1.54, 1.807) is 0 Å². The molecule has 0 aliphatic rings. The molecule has 92 valence electrons. The van der Waals surface area contributed by atoms with E-state index in [4.69, 9.17) is 16.7 Å². The van der Waals surface area contributed by atoms with E-state index in [1.165, 1.54) is 0 Å². The molecule has 0 spiro atoms. The van der Waals surface area contributed by atoms with Crippen molar-refractivity contribution in [3.05, 3.63) is 35.1 Å². The minimum absolute atomic E-state index is 0.0217. The molecule has 0 bridgehead atoms. The van der Waals surface area contributed by atoms with Crippen molar-refractivity contribution < 1.29 is 24.2 Å². The molecule has 6 heteroatoms. The first kappa shape index (κ1) is 13.6. The van der Waals surface area contributed by atoms with Gasteiger partial charge >= 0.3 is 5.97 Å². The lowest BCUT2D eigenvalue weighted by atomic mass is 10.0. The predicted molar refractivity (Wildman–Crippen MR) is 58.4 cm³/mol. The Bertz CT molecular complexity index is 447. The smallest absolute Gasteiger partial charge is 0.337 e. The molecule has 0 aromatic heterocycles. The summed E-state index contributed by atoms with van der Waals surface area (Å²) < 4.78 is 13.3. The molecule has 2 N–H and O–H groups in total. The molecule has 0 fully saturated rings. The van der Waals surface area contributed by atoms with Gasteiger partial charge in [-0.25, -0.2) is 9.18 Å². The highest BCUT2D eigenvalue weighted by molar-refractivity contribution is 6.27. The number of carboxylic acid groups (broad SMARTS) is 1. The van der Waals surface area contributed by atoms with E-state index in [9.17, 15) is 19.1 Å². The molecular formula is C11H10ClFO4. The Labute approximate surface area is 102 Å². The summed E-state index contributed by atoms with van der Waals surface area (Å²) in [7, 11) is 0. The van der Waals surface area contributed by atoms with Crippen LogP contribution in [0.4, 0.5) is 4.39 Å². The van der Waals surface area contributed by atoms with Gasteiger partial charge in [0, 0.05) is 6.42 Å². The second-order valence-electron chi connectivity index (χ2n) is 3.44. The Morgan fingerprint density at radius 1 is 1.41 bits per heavy atom. The van der Waals surface area contributed by atoms with E-state index in [2.05, 4.69) is 0 Å². The number of ketones is 1. The monoisotopic (exact) mass is 260 g/mol. The number of aliphatic carboxylic acids is 1. The number of aliphatic hydroxyl groups excluding tert-OH is 1. The fraction of sp³-hybridized carbons (Fsp3) is 0.273. The fourth-order valence-electron chi connectivity index (χ4n) is 1.30. The van der Waals surface area contributed by atoms with Crippen molar-refractivity contribution in [1.82, 2.24) is 0 Å². The molecule has 4 nitrogen and oxygen atoms in total. The van der Waals surface area contributed by atoms with E-state index < -0.39 is 17.9 Å². The van der Waals surface area contributed by atoms with Gasteiger partial charge in [0.25, 0.3) is 0 Å². The zero-order chi connectivity index (χ0) is 13.0. The van der Waals surface area contributed by atoms with Gasteiger partial charge in [-0.1, -0.05) is 6.07 Å². The first-order valence-electron chi connectivity index (χ1n) is 4.72. The van der Waals surface area contributed by atoms with Crippen LogP contribution in [0, 0.1) is 5.82 Å². The molecule has 0 saturated carbocycles. The lowest BCUT2D eigenvalue weighted by Gasteiger charge is -2.08. The van der Waals surface area contributed by atoms with Crippen molar-refractivity contribution in [2.24, 2.45) is 0 Å². The average molecular weight is 261 g/mol. The van der Waals surface area contributed by atoms with Gasteiger partial charge in [-0.05, 0) is 23.3 Å². The van der Waals surface area contributed by atoms with Gasteiger partial charge in [0.2, 0.25) is 0 Å². The maximum Gasteiger partial charge on any atom is 0.337 e. The maximum atomic E-state index is 13.3. The lowest BCUT2D eigenvalue weighted by molar-refractivity contribution is -0.146. The van der Waals surface area contributed by atoms with Crippen LogP contribution in [0.5, 0.6) is 0 Å². The highest BCUT2D eigenvalue weighted by Crippen LogP contribution is 2.18. The van der Waals surface area contributed by atoms with Crippen LogP contribution in [-0.2, 0) is 16.0 Å². The van der Waals surface area contributed by atoms with Crippen LogP contribution in [-0.4, -0.2) is 27.8 Å². The molecule has 1 aromatic rings. The molecule has 0 radical (unpaired) electrons. The van der Waals surface area contributed by atoms with Gasteiger partial charge in [0.05, 0.1) is 5.88 Å². The summed E-state index contributed by atoms with van der Waals surface area (Å²) >= 11 is 5.29. The molecule has 1 atom stereocenters. The van der Waals surface area contributed by atoms with Crippen LogP contribution < -0.4 is 0 Å². The Hall–Kier alpha value is -1.46. The average Bonchev–Trinajstić information content (AvgIpc) is 2.30. The fourth-order valence-corrected chi connectivity index (χ4v) is 1.40. The van der Waals surface area contributed by atoms with Crippen LogP contribution in [0.1, 0.15) is 17.2 Å². The molecule has 1 unspecified atom stereocenters. The van der Waals surface area contributed by atoms with Gasteiger partial charge in [0.15, 0.2) is 11.9 Å². The molecule has 1 rings (SSSR count). The third kappa shape index (κ3) is 3.51. The summed E-state index contributed by atoms with van der Waals surface area (Å²) in [6.07, 6.45) is -1.96. The quantitative estimate of drug-likeness (QED) is 0.783. The van der Waals surface area contributed by atoms with E-state index >= 15 is 0 Å². The molecule has 1 aromatic carbocycles. The zero-order valence-electron chi connectivity index (χ0n) is 8.69. The molecule has 17 heavy (non-hydrogen) atoms. The van der Waals surface area contributed by atoms with Crippen molar-refractivity contribution in [2.45, 2.75) is 12.5 Å². The van der Waals surface area contributed by atoms with Crippen molar-refractivity contribution in [2.75, 3.05) is 5.88 Å². The van der Waals surface area contributed by atoms with Crippen LogP contribution >= 0.6 is 11.6 Å². The van der Waals surface area contributed by atoms with Crippen molar-refractivity contribution in [3.8, 4) is 0 Å². The number of carbonyl (C=O) groups excluding carboxylic acids is 1. The van der Waals surface area contributed by atoms with Crippen LogP contribution in [0.15, 0.2) is 18.2 Å². The Kier molecular flexibility index (Phi) is 4.60. The zero-order valence-corrected chi connectivity index (χ0v) is 9.45. The van der Waals surface area contributed by atoms with Crippen LogP contribution in [0.3, 0.4) is 0 Å². The number of carbonyl (C=O) groups is 2. The van der Waals surface area contributed by atoms with Crippen molar-refractivity contribution >= 4 is 23.4 Å². The van der Waals surface area contributed by atoms with Gasteiger partial charge in [0.1, 0.15) is 5.82 Å². The number of halogens is 2. The van der Waals surface area contributed by atoms with E-state index in [0.29, 0.717) is 0 Å². The molecule has 0 aliphatic heterocycles. The third-order valence-corrected chi connectivity index (χ3v) is 2.45. The highest BCUT2D eigenvalue weighted by atomic mass is 35.5. The number of rotatable bonds is 5. The molecule has 0 aliphatic carbocycles. The summed E-state index contributed by atoms with van der Waals surface area (Å²) in [5.41, 5.74) is 0.0460. The SMILES string of the molecule is O=C(CCl)Cc1cc(C(O)C(=O)O)ccc1F. The topological polar surface area (TPSA) is 74.6 Å². The van der Waals surface area contributed by atoms with E-state index in [0.717, 1.165) is 18.2 Å². The lowest BCUT2D eigenvalue weighted by Crippen LogP contribution is -2.12. The van der Waals surface area contributed by atoms with Gasteiger partial charge in [-0.2, -0.15) is 0 Å². The van der Waals surface area contributed by atoms with Gasteiger partial charge < -0.3 is 10.2 Å². The summed E-state index contributed by atoms with van der Waals surface area (Å²) in [5, 5.41) is 17.9. The second-order valence-corrected chi connectivity index (χ2v) is 3.71. The predicted octanol–water partition coefficient (Wildman–Crippen LogP) is 1.29.